The number of ether oxygens (including phenoxy) is 1. The van der Waals surface area contributed by atoms with Crippen molar-refractivity contribution < 1.29 is 13.9 Å². The predicted molar refractivity (Wildman–Crippen MR) is 138 cm³/mol. The van der Waals surface area contributed by atoms with Crippen molar-refractivity contribution in [2.45, 2.75) is 58.0 Å². The first-order valence-corrected chi connectivity index (χ1v) is 12.6. The van der Waals surface area contributed by atoms with E-state index in [9.17, 15) is 9.18 Å². The molecule has 4 rings (SSSR count). The number of nitrogens with zero attached hydrogens (tertiary/aromatic N) is 2. The summed E-state index contributed by atoms with van der Waals surface area (Å²) >= 11 is 12.6. The molecular formula is C27H28Cl2FN3O2. The molecule has 0 unspecified atom stereocenters. The maximum Gasteiger partial charge on any atom is 0.322 e. The molecular weight excluding hydrogens is 488 g/mol. The molecule has 2 amide bonds. The highest BCUT2D eigenvalue weighted by Gasteiger charge is 2.26. The zero-order chi connectivity index (χ0) is 24.8. The number of hydrogen-bond donors (Lipinski definition) is 1. The van der Waals surface area contributed by atoms with E-state index in [-0.39, 0.29) is 23.0 Å². The highest BCUT2D eigenvalue weighted by Crippen LogP contribution is 2.31. The number of amides is 2. The lowest BCUT2D eigenvalue weighted by Crippen LogP contribution is -2.42. The van der Waals surface area contributed by atoms with Gasteiger partial charge in [0.15, 0.2) is 5.15 Å². The normalized spacial score (nSPS) is 14.3. The number of pyridine rings is 1. The van der Waals surface area contributed by atoms with Crippen molar-refractivity contribution in [2.24, 2.45) is 0 Å². The van der Waals surface area contributed by atoms with Crippen molar-refractivity contribution in [1.29, 1.82) is 0 Å². The van der Waals surface area contributed by atoms with E-state index in [0.717, 1.165) is 31.2 Å². The van der Waals surface area contributed by atoms with Gasteiger partial charge in [-0.3, -0.25) is 0 Å². The molecule has 184 valence electrons. The number of carbonyl (C=O) groups excluding carboxylic acids is 1. The van der Waals surface area contributed by atoms with Gasteiger partial charge in [0.05, 0.1) is 10.7 Å². The number of nitrogens with one attached hydrogen (secondary N) is 1. The van der Waals surface area contributed by atoms with E-state index < -0.39 is 0 Å². The maximum absolute atomic E-state index is 13.5. The lowest BCUT2D eigenvalue weighted by molar-refractivity contribution is 0.175. The van der Waals surface area contributed by atoms with Crippen molar-refractivity contribution in [1.82, 2.24) is 9.88 Å². The molecule has 0 atom stereocenters. The summed E-state index contributed by atoms with van der Waals surface area (Å²) in [6.07, 6.45) is 6.44. The molecule has 0 spiro atoms. The van der Waals surface area contributed by atoms with Crippen LogP contribution in [0.15, 0.2) is 54.6 Å². The fourth-order valence-corrected chi connectivity index (χ4v) is 4.95. The van der Waals surface area contributed by atoms with Crippen LogP contribution in [0.2, 0.25) is 10.2 Å². The van der Waals surface area contributed by atoms with Gasteiger partial charge in [-0.05, 0) is 67.8 Å². The summed E-state index contributed by atoms with van der Waals surface area (Å²) < 4.78 is 18.9. The zero-order valence-electron chi connectivity index (χ0n) is 19.6. The molecule has 1 aliphatic carbocycles. The van der Waals surface area contributed by atoms with Crippen LogP contribution in [0.3, 0.4) is 0 Å². The number of aryl methyl sites for hydroxylation is 1. The van der Waals surface area contributed by atoms with Gasteiger partial charge in [-0.2, -0.15) is 0 Å². The molecule has 5 nitrogen and oxygen atoms in total. The van der Waals surface area contributed by atoms with Crippen LogP contribution in [0.1, 0.15) is 49.8 Å². The SMILES string of the molecule is Cc1cc(Cl)c(NC(=O)N(Cc2ccc(Oc3ccc(F)cc3)cc2)C2CCCCCC2)c(Cl)n1. The molecule has 3 aromatic rings. The minimum atomic E-state index is -0.312. The zero-order valence-corrected chi connectivity index (χ0v) is 21.1. The summed E-state index contributed by atoms with van der Waals surface area (Å²) in [7, 11) is 0. The van der Waals surface area contributed by atoms with Gasteiger partial charge in [0, 0.05) is 18.3 Å². The standard InChI is InChI=1S/C27H28Cl2FN3O2/c1-18-16-24(28)25(26(29)31-18)32-27(34)33(21-6-4-2-3-5-7-21)17-19-8-12-22(13-9-19)35-23-14-10-20(30)11-15-23/h8-16,21H,2-7,17H2,1H3,(H,32,34). The smallest absolute Gasteiger partial charge is 0.322 e. The third-order valence-corrected chi connectivity index (χ3v) is 6.71. The van der Waals surface area contributed by atoms with Gasteiger partial charge in [0.2, 0.25) is 0 Å². The Bertz CT molecular complexity index is 1130. The number of aromatic nitrogens is 1. The second-order valence-electron chi connectivity index (χ2n) is 8.81. The van der Waals surface area contributed by atoms with Crippen molar-refractivity contribution >= 4 is 34.9 Å². The van der Waals surface area contributed by atoms with Crippen LogP contribution >= 0.6 is 23.2 Å². The molecule has 2 aromatic carbocycles. The summed E-state index contributed by atoms with van der Waals surface area (Å²) in [6, 6.07) is 15.0. The molecule has 0 radical (unpaired) electrons. The van der Waals surface area contributed by atoms with Crippen molar-refractivity contribution in [3.05, 3.63) is 81.8 Å². The topological polar surface area (TPSA) is 54.5 Å². The van der Waals surface area contributed by atoms with E-state index in [1.165, 1.54) is 25.0 Å². The molecule has 1 fully saturated rings. The summed E-state index contributed by atoms with van der Waals surface area (Å²) in [5.41, 5.74) is 1.97. The minimum absolute atomic E-state index is 0.114. The largest absolute Gasteiger partial charge is 0.457 e. The Morgan fingerprint density at radius 2 is 1.63 bits per heavy atom. The summed E-state index contributed by atoms with van der Waals surface area (Å²) in [5.74, 6) is 0.878. The molecule has 1 N–H and O–H groups in total. The average molecular weight is 516 g/mol. The molecule has 1 heterocycles. The van der Waals surface area contributed by atoms with Crippen LogP contribution in [0.25, 0.3) is 0 Å². The number of halogens is 3. The Labute approximate surface area is 215 Å². The Kier molecular flexibility index (Phi) is 8.47. The fourth-order valence-electron chi connectivity index (χ4n) is 4.32. The van der Waals surface area contributed by atoms with Crippen LogP contribution < -0.4 is 10.1 Å². The molecule has 35 heavy (non-hydrogen) atoms. The quantitative estimate of drug-likeness (QED) is 0.264. The summed E-state index contributed by atoms with van der Waals surface area (Å²) in [4.78, 5) is 19.6. The van der Waals surface area contributed by atoms with Crippen molar-refractivity contribution in [3.63, 3.8) is 0 Å². The average Bonchev–Trinajstić information content (AvgIpc) is 3.11. The molecule has 1 aliphatic rings. The third-order valence-electron chi connectivity index (χ3n) is 6.14. The number of urea groups is 1. The number of carbonyl (C=O) groups is 1. The Morgan fingerprint density at radius 3 is 2.23 bits per heavy atom. The Morgan fingerprint density at radius 1 is 1.03 bits per heavy atom. The van der Waals surface area contributed by atoms with Gasteiger partial charge >= 0.3 is 6.03 Å². The van der Waals surface area contributed by atoms with Gasteiger partial charge in [-0.1, -0.05) is 61.0 Å². The second kappa shape index (κ2) is 11.7. The first-order chi connectivity index (χ1) is 16.9. The third kappa shape index (κ3) is 6.86. The summed E-state index contributed by atoms with van der Waals surface area (Å²) in [6.45, 7) is 2.23. The maximum atomic E-state index is 13.5. The van der Waals surface area contributed by atoms with Crippen molar-refractivity contribution in [2.75, 3.05) is 5.32 Å². The van der Waals surface area contributed by atoms with Gasteiger partial charge in [0.25, 0.3) is 0 Å². The fraction of sp³-hybridized carbons (Fsp3) is 0.333. The number of hydrogen-bond acceptors (Lipinski definition) is 3. The molecule has 1 saturated carbocycles. The lowest BCUT2D eigenvalue weighted by Gasteiger charge is -2.32. The molecule has 0 aliphatic heterocycles. The molecule has 0 saturated heterocycles. The lowest BCUT2D eigenvalue weighted by atomic mass is 10.1. The number of rotatable bonds is 6. The highest BCUT2D eigenvalue weighted by atomic mass is 35.5. The van der Waals surface area contributed by atoms with E-state index in [4.69, 9.17) is 27.9 Å². The van der Waals surface area contributed by atoms with E-state index in [1.807, 2.05) is 29.2 Å². The Hall–Kier alpha value is -2.83. The molecule has 8 heteroatoms. The van der Waals surface area contributed by atoms with E-state index in [2.05, 4.69) is 10.3 Å². The monoisotopic (exact) mass is 515 g/mol. The van der Waals surface area contributed by atoms with Gasteiger partial charge < -0.3 is 15.0 Å². The highest BCUT2D eigenvalue weighted by molar-refractivity contribution is 6.39. The number of anilines is 1. The van der Waals surface area contributed by atoms with Gasteiger partial charge in [-0.15, -0.1) is 0 Å². The van der Waals surface area contributed by atoms with Gasteiger partial charge in [0.1, 0.15) is 17.3 Å². The predicted octanol–water partition coefficient (Wildman–Crippen LogP) is 8.39. The molecule has 1 aromatic heterocycles. The number of benzene rings is 2. The van der Waals surface area contributed by atoms with Crippen LogP contribution in [0.4, 0.5) is 14.9 Å². The summed E-state index contributed by atoms with van der Waals surface area (Å²) in [5, 5.41) is 3.43. The second-order valence-corrected chi connectivity index (χ2v) is 9.58. The Balaban J connectivity index is 1.51. The van der Waals surface area contributed by atoms with Crippen molar-refractivity contribution in [3.8, 4) is 11.5 Å². The van der Waals surface area contributed by atoms with E-state index >= 15 is 0 Å². The van der Waals surface area contributed by atoms with Crippen LogP contribution in [-0.4, -0.2) is 22.0 Å². The minimum Gasteiger partial charge on any atom is -0.457 e. The van der Waals surface area contributed by atoms with Crippen LogP contribution in [-0.2, 0) is 6.54 Å². The van der Waals surface area contributed by atoms with Gasteiger partial charge in [-0.25, -0.2) is 14.2 Å². The van der Waals surface area contributed by atoms with Crippen LogP contribution in [0.5, 0.6) is 11.5 Å². The van der Waals surface area contributed by atoms with E-state index in [1.54, 1.807) is 25.1 Å². The first kappa shape index (κ1) is 25.3. The first-order valence-electron chi connectivity index (χ1n) is 11.8. The molecule has 0 bridgehead atoms. The van der Waals surface area contributed by atoms with Crippen LogP contribution in [0, 0.1) is 12.7 Å². The van der Waals surface area contributed by atoms with E-state index in [0.29, 0.717) is 34.4 Å².